The molecule has 29 heavy (non-hydrogen) atoms. The van der Waals surface area contributed by atoms with Crippen LogP contribution >= 0.6 is 0 Å². The maximum Gasteiger partial charge on any atom is 0.238 e. The predicted molar refractivity (Wildman–Crippen MR) is 112 cm³/mol. The van der Waals surface area contributed by atoms with Crippen LogP contribution in [0.2, 0.25) is 0 Å². The molecule has 1 saturated carbocycles. The van der Waals surface area contributed by atoms with Crippen LogP contribution < -0.4 is 10.6 Å². The number of piperazine rings is 1. The first-order chi connectivity index (χ1) is 14.1. The lowest BCUT2D eigenvalue weighted by atomic mass is 9.97. The molecule has 3 rings (SSSR count). The SMILES string of the molecule is O=C(CN1CCN(C(=O)CNC2CCCCCCC2)CC1)Nc1cccc(F)c1. The Morgan fingerprint density at radius 3 is 2.38 bits per heavy atom. The highest BCUT2D eigenvalue weighted by Crippen LogP contribution is 2.17. The zero-order valence-corrected chi connectivity index (χ0v) is 17.2. The Balaban J connectivity index is 1.34. The van der Waals surface area contributed by atoms with Gasteiger partial charge in [-0.2, -0.15) is 0 Å². The normalized spacial score (nSPS) is 19.4. The third kappa shape index (κ3) is 7.40. The minimum absolute atomic E-state index is 0.149. The van der Waals surface area contributed by atoms with E-state index in [4.69, 9.17) is 0 Å². The fraction of sp³-hybridized carbons (Fsp3) is 0.636. The van der Waals surface area contributed by atoms with Gasteiger partial charge in [-0.3, -0.25) is 14.5 Å². The summed E-state index contributed by atoms with van der Waals surface area (Å²) < 4.78 is 13.2. The molecule has 6 nitrogen and oxygen atoms in total. The Morgan fingerprint density at radius 1 is 1.00 bits per heavy atom. The molecule has 0 spiro atoms. The van der Waals surface area contributed by atoms with Crippen molar-refractivity contribution in [3.63, 3.8) is 0 Å². The van der Waals surface area contributed by atoms with Gasteiger partial charge in [0.15, 0.2) is 0 Å². The molecular weight excluding hydrogens is 371 g/mol. The first-order valence-corrected chi connectivity index (χ1v) is 10.9. The second-order valence-electron chi connectivity index (χ2n) is 8.14. The molecule has 0 bridgehead atoms. The molecule has 2 amide bonds. The van der Waals surface area contributed by atoms with Crippen LogP contribution in [-0.2, 0) is 9.59 Å². The molecule has 2 fully saturated rings. The molecule has 2 aliphatic rings. The van der Waals surface area contributed by atoms with Gasteiger partial charge in [-0.1, -0.05) is 38.2 Å². The van der Waals surface area contributed by atoms with E-state index in [9.17, 15) is 14.0 Å². The van der Waals surface area contributed by atoms with Gasteiger partial charge in [0, 0.05) is 37.9 Å². The van der Waals surface area contributed by atoms with Crippen molar-refractivity contribution < 1.29 is 14.0 Å². The smallest absolute Gasteiger partial charge is 0.238 e. The number of rotatable bonds is 6. The van der Waals surface area contributed by atoms with Crippen LogP contribution in [0.25, 0.3) is 0 Å². The van der Waals surface area contributed by atoms with Gasteiger partial charge in [-0.05, 0) is 31.0 Å². The minimum Gasteiger partial charge on any atom is -0.339 e. The molecule has 0 aromatic heterocycles. The quantitative estimate of drug-likeness (QED) is 0.765. The lowest BCUT2D eigenvalue weighted by Crippen LogP contribution is -2.52. The first kappa shape index (κ1) is 21.7. The fourth-order valence-electron chi connectivity index (χ4n) is 4.13. The molecule has 1 heterocycles. The van der Waals surface area contributed by atoms with Crippen LogP contribution in [0.3, 0.4) is 0 Å². The number of nitrogens with one attached hydrogen (secondary N) is 2. The van der Waals surface area contributed by atoms with E-state index >= 15 is 0 Å². The van der Waals surface area contributed by atoms with Crippen LogP contribution in [0, 0.1) is 5.82 Å². The zero-order chi connectivity index (χ0) is 20.5. The van der Waals surface area contributed by atoms with Crippen molar-refractivity contribution in [2.75, 3.05) is 44.6 Å². The van der Waals surface area contributed by atoms with E-state index in [1.54, 1.807) is 12.1 Å². The Kier molecular flexibility index (Phi) is 8.43. The van der Waals surface area contributed by atoms with Crippen molar-refractivity contribution >= 4 is 17.5 Å². The van der Waals surface area contributed by atoms with Crippen molar-refractivity contribution in [3.05, 3.63) is 30.1 Å². The van der Waals surface area contributed by atoms with Gasteiger partial charge in [-0.15, -0.1) is 0 Å². The summed E-state index contributed by atoms with van der Waals surface area (Å²) in [5.41, 5.74) is 0.462. The van der Waals surface area contributed by atoms with E-state index in [1.165, 1.54) is 57.1 Å². The molecule has 1 aliphatic heterocycles. The van der Waals surface area contributed by atoms with Gasteiger partial charge in [0.2, 0.25) is 11.8 Å². The maximum atomic E-state index is 13.2. The molecule has 0 radical (unpaired) electrons. The molecule has 1 saturated heterocycles. The minimum atomic E-state index is -0.372. The highest BCUT2D eigenvalue weighted by atomic mass is 19.1. The largest absolute Gasteiger partial charge is 0.339 e. The third-order valence-electron chi connectivity index (χ3n) is 5.85. The van der Waals surface area contributed by atoms with Crippen LogP contribution in [0.1, 0.15) is 44.9 Å². The number of halogens is 1. The second kappa shape index (κ2) is 11.3. The topological polar surface area (TPSA) is 64.7 Å². The van der Waals surface area contributed by atoms with E-state index in [2.05, 4.69) is 10.6 Å². The lowest BCUT2D eigenvalue weighted by molar-refractivity contribution is -0.132. The fourth-order valence-corrected chi connectivity index (χ4v) is 4.13. The summed E-state index contributed by atoms with van der Waals surface area (Å²) in [7, 11) is 0. The molecule has 2 N–H and O–H groups in total. The molecular formula is C22H33FN4O2. The summed E-state index contributed by atoms with van der Waals surface area (Å²) in [6.45, 7) is 3.28. The summed E-state index contributed by atoms with van der Waals surface area (Å²) in [4.78, 5) is 28.6. The van der Waals surface area contributed by atoms with Crippen molar-refractivity contribution in [1.29, 1.82) is 0 Å². The maximum absolute atomic E-state index is 13.2. The Morgan fingerprint density at radius 2 is 1.69 bits per heavy atom. The Labute approximate surface area is 172 Å². The number of amides is 2. The number of hydrogen-bond acceptors (Lipinski definition) is 4. The predicted octanol–water partition coefficient (Wildman–Crippen LogP) is 2.61. The standard InChI is InChI=1S/C22H33FN4O2/c23-18-7-6-10-20(15-18)25-21(28)17-26-11-13-27(14-12-26)22(29)16-24-19-8-4-2-1-3-5-9-19/h6-7,10,15,19,24H,1-5,8-9,11-14,16-17H2,(H,25,28). The monoisotopic (exact) mass is 404 g/mol. The summed E-state index contributed by atoms with van der Waals surface area (Å²) in [6, 6.07) is 6.35. The average molecular weight is 405 g/mol. The lowest BCUT2D eigenvalue weighted by Gasteiger charge is -2.34. The van der Waals surface area contributed by atoms with Gasteiger partial charge < -0.3 is 15.5 Å². The molecule has 0 atom stereocenters. The zero-order valence-electron chi connectivity index (χ0n) is 17.2. The molecule has 160 valence electrons. The average Bonchev–Trinajstić information content (AvgIpc) is 2.67. The van der Waals surface area contributed by atoms with Crippen molar-refractivity contribution in [1.82, 2.24) is 15.1 Å². The highest BCUT2D eigenvalue weighted by molar-refractivity contribution is 5.92. The summed E-state index contributed by atoms with van der Waals surface area (Å²) >= 11 is 0. The second-order valence-corrected chi connectivity index (χ2v) is 8.14. The van der Waals surface area contributed by atoms with E-state index < -0.39 is 0 Å². The van der Waals surface area contributed by atoms with Gasteiger partial charge in [-0.25, -0.2) is 4.39 Å². The van der Waals surface area contributed by atoms with E-state index in [0.29, 0.717) is 44.5 Å². The van der Waals surface area contributed by atoms with E-state index in [0.717, 1.165) is 0 Å². The van der Waals surface area contributed by atoms with Gasteiger partial charge >= 0.3 is 0 Å². The number of nitrogens with zero attached hydrogens (tertiary/aromatic N) is 2. The Hall–Kier alpha value is -1.99. The highest BCUT2D eigenvalue weighted by Gasteiger charge is 2.23. The molecule has 7 heteroatoms. The number of carbonyl (C=O) groups is 2. The van der Waals surface area contributed by atoms with E-state index in [-0.39, 0.29) is 24.2 Å². The van der Waals surface area contributed by atoms with Crippen LogP contribution in [0.4, 0.5) is 10.1 Å². The van der Waals surface area contributed by atoms with Crippen molar-refractivity contribution in [3.8, 4) is 0 Å². The van der Waals surface area contributed by atoms with Crippen LogP contribution in [-0.4, -0.2) is 66.9 Å². The van der Waals surface area contributed by atoms with Gasteiger partial charge in [0.05, 0.1) is 13.1 Å². The number of benzene rings is 1. The van der Waals surface area contributed by atoms with Gasteiger partial charge in [0.25, 0.3) is 0 Å². The summed E-state index contributed by atoms with van der Waals surface area (Å²) in [6.07, 6.45) is 8.80. The summed E-state index contributed by atoms with van der Waals surface area (Å²) in [5, 5.41) is 6.18. The van der Waals surface area contributed by atoms with Crippen LogP contribution in [0.15, 0.2) is 24.3 Å². The summed E-state index contributed by atoms with van der Waals surface area (Å²) in [5.74, 6) is -0.389. The first-order valence-electron chi connectivity index (χ1n) is 10.9. The van der Waals surface area contributed by atoms with Crippen molar-refractivity contribution in [2.45, 2.75) is 51.0 Å². The molecule has 0 unspecified atom stereocenters. The molecule has 1 aliphatic carbocycles. The number of carbonyl (C=O) groups excluding carboxylic acids is 2. The molecule has 1 aromatic carbocycles. The van der Waals surface area contributed by atoms with Crippen molar-refractivity contribution in [2.24, 2.45) is 0 Å². The number of anilines is 1. The van der Waals surface area contributed by atoms with Gasteiger partial charge in [0.1, 0.15) is 5.82 Å². The number of hydrogen-bond donors (Lipinski definition) is 2. The third-order valence-corrected chi connectivity index (χ3v) is 5.85. The van der Waals surface area contributed by atoms with Crippen LogP contribution in [0.5, 0.6) is 0 Å². The molecule has 1 aromatic rings. The van der Waals surface area contributed by atoms with E-state index in [1.807, 2.05) is 9.80 Å². The Bertz CT molecular complexity index is 669.